The Morgan fingerprint density at radius 1 is 1.11 bits per heavy atom. The van der Waals surface area contributed by atoms with Crippen molar-refractivity contribution in [3.8, 4) is 0 Å². The van der Waals surface area contributed by atoms with Crippen molar-refractivity contribution in [1.29, 1.82) is 0 Å². The average Bonchev–Trinajstić information content (AvgIpc) is 2.48. The summed E-state index contributed by atoms with van der Waals surface area (Å²) < 4.78 is 0. The van der Waals surface area contributed by atoms with Gasteiger partial charge in [-0.05, 0) is 30.2 Å². The van der Waals surface area contributed by atoms with E-state index in [1.54, 1.807) is 12.4 Å². The van der Waals surface area contributed by atoms with E-state index in [4.69, 9.17) is 5.73 Å². The SMILES string of the molecule is CC(NC(=O)[C@H](N)c1ccccc1)c1ccncc1. The number of rotatable bonds is 4. The van der Waals surface area contributed by atoms with Gasteiger partial charge in [0.2, 0.25) is 5.91 Å². The van der Waals surface area contributed by atoms with Crippen molar-refractivity contribution in [2.45, 2.75) is 19.0 Å². The summed E-state index contributed by atoms with van der Waals surface area (Å²) in [6, 6.07) is 12.3. The minimum atomic E-state index is -0.648. The van der Waals surface area contributed by atoms with Crippen LogP contribution in [0.4, 0.5) is 0 Å². The van der Waals surface area contributed by atoms with Crippen LogP contribution in [0.2, 0.25) is 0 Å². The molecule has 4 nitrogen and oxygen atoms in total. The molecular weight excluding hydrogens is 238 g/mol. The molecule has 0 saturated carbocycles. The molecule has 4 heteroatoms. The number of hydrogen-bond donors (Lipinski definition) is 2. The maximum Gasteiger partial charge on any atom is 0.241 e. The largest absolute Gasteiger partial charge is 0.348 e. The predicted molar refractivity (Wildman–Crippen MR) is 74.2 cm³/mol. The van der Waals surface area contributed by atoms with Crippen molar-refractivity contribution < 1.29 is 4.79 Å². The first-order valence-electron chi connectivity index (χ1n) is 6.19. The van der Waals surface area contributed by atoms with Crippen molar-refractivity contribution in [2.24, 2.45) is 5.73 Å². The molecule has 2 aromatic rings. The monoisotopic (exact) mass is 255 g/mol. The molecule has 0 aliphatic heterocycles. The fourth-order valence-corrected chi connectivity index (χ4v) is 1.85. The summed E-state index contributed by atoms with van der Waals surface area (Å²) >= 11 is 0. The summed E-state index contributed by atoms with van der Waals surface area (Å²) in [4.78, 5) is 16.0. The van der Waals surface area contributed by atoms with E-state index < -0.39 is 6.04 Å². The number of amides is 1. The average molecular weight is 255 g/mol. The third kappa shape index (κ3) is 3.39. The van der Waals surface area contributed by atoms with Crippen molar-refractivity contribution >= 4 is 5.91 Å². The summed E-state index contributed by atoms with van der Waals surface area (Å²) in [5.74, 6) is -0.185. The van der Waals surface area contributed by atoms with Gasteiger partial charge in [-0.3, -0.25) is 9.78 Å². The number of carbonyl (C=O) groups is 1. The van der Waals surface area contributed by atoms with Crippen molar-refractivity contribution in [3.05, 3.63) is 66.0 Å². The predicted octanol–water partition coefficient (Wildman–Crippen LogP) is 1.96. The fraction of sp³-hybridized carbons (Fsp3) is 0.200. The molecule has 0 spiro atoms. The Labute approximate surface area is 112 Å². The number of nitrogens with two attached hydrogens (primary N) is 1. The first-order chi connectivity index (χ1) is 9.18. The highest BCUT2D eigenvalue weighted by atomic mass is 16.2. The topological polar surface area (TPSA) is 68.0 Å². The van der Waals surface area contributed by atoms with E-state index in [0.717, 1.165) is 11.1 Å². The van der Waals surface area contributed by atoms with Crippen LogP contribution < -0.4 is 11.1 Å². The second-order valence-corrected chi connectivity index (χ2v) is 4.40. The highest BCUT2D eigenvalue weighted by Crippen LogP contribution is 2.14. The minimum Gasteiger partial charge on any atom is -0.348 e. The normalized spacial score (nSPS) is 13.6. The lowest BCUT2D eigenvalue weighted by molar-refractivity contribution is -0.123. The van der Waals surface area contributed by atoms with E-state index in [1.807, 2.05) is 49.4 Å². The first-order valence-corrected chi connectivity index (χ1v) is 6.19. The second-order valence-electron chi connectivity index (χ2n) is 4.40. The number of nitrogens with zero attached hydrogens (tertiary/aromatic N) is 1. The number of benzene rings is 1. The molecule has 0 aliphatic carbocycles. The molecule has 3 N–H and O–H groups in total. The molecule has 1 aromatic carbocycles. The van der Waals surface area contributed by atoms with E-state index in [-0.39, 0.29) is 11.9 Å². The zero-order chi connectivity index (χ0) is 13.7. The third-order valence-electron chi connectivity index (χ3n) is 3.01. The van der Waals surface area contributed by atoms with Crippen LogP contribution in [-0.4, -0.2) is 10.9 Å². The van der Waals surface area contributed by atoms with Gasteiger partial charge in [-0.2, -0.15) is 0 Å². The molecule has 19 heavy (non-hydrogen) atoms. The molecule has 0 radical (unpaired) electrons. The lowest BCUT2D eigenvalue weighted by atomic mass is 10.1. The van der Waals surface area contributed by atoms with E-state index in [0.29, 0.717) is 0 Å². The van der Waals surface area contributed by atoms with Crippen LogP contribution in [0.5, 0.6) is 0 Å². The number of carbonyl (C=O) groups excluding carboxylic acids is 1. The lowest BCUT2D eigenvalue weighted by Gasteiger charge is -2.18. The first kappa shape index (κ1) is 13.2. The molecule has 1 unspecified atom stereocenters. The summed E-state index contributed by atoms with van der Waals surface area (Å²) in [7, 11) is 0. The van der Waals surface area contributed by atoms with E-state index in [1.165, 1.54) is 0 Å². The van der Waals surface area contributed by atoms with Gasteiger partial charge in [0.15, 0.2) is 0 Å². The lowest BCUT2D eigenvalue weighted by Crippen LogP contribution is -2.35. The van der Waals surface area contributed by atoms with E-state index in [2.05, 4.69) is 10.3 Å². The Morgan fingerprint density at radius 3 is 2.37 bits per heavy atom. The number of hydrogen-bond acceptors (Lipinski definition) is 3. The summed E-state index contributed by atoms with van der Waals surface area (Å²) in [6.07, 6.45) is 3.41. The van der Waals surface area contributed by atoms with Gasteiger partial charge in [0.25, 0.3) is 0 Å². The van der Waals surface area contributed by atoms with Crippen LogP contribution in [0.25, 0.3) is 0 Å². The summed E-state index contributed by atoms with van der Waals surface area (Å²) in [6.45, 7) is 1.92. The molecule has 0 bridgehead atoms. The highest BCUT2D eigenvalue weighted by molar-refractivity contribution is 5.83. The number of nitrogens with one attached hydrogen (secondary N) is 1. The third-order valence-corrected chi connectivity index (χ3v) is 3.01. The summed E-state index contributed by atoms with van der Waals surface area (Å²) in [5.41, 5.74) is 7.75. The van der Waals surface area contributed by atoms with Crippen molar-refractivity contribution in [2.75, 3.05) is 0 Å². The number of pyridine rings is 1. The summed E-state index contributed by atoms with van der Waals surface area (Å²) in [5, 5.41) is 2.90. The van der Waals surface area contributed by atoms with Crippen LogP contribution in [0, 0.1) is 0 Å². The van der Waals surface area contributed by atoms with Crippen LogP contribution in [0.3, 0.4) is 0 Å². The van der Waals surface area contributed by atoms with Crippen molar-refractivity contribution in [3.63, 3.8) is 0 Å². The van der Waals surface area contributed by atoms with Gasteiger partial charge < -0.3 is 11.1 Å². The molecule has 98 valence electrons. The van der Waals surface area contributed by atoms with Crippen molar-refractivity contribution in [1.82, 2.24) is 10.3 Å². The molecule has 2 rings (SSSR count). The molecule has 0 fully saturated rings. The molecular formula is C15H17N3O. The highest BCUT2D eigenvalue weighted by Gasteiger charge is 2.17. The molecule has 0 aliphatic rings. The Morgan fingerprint density at radius 2 is 1.74 bits per heavy atom. The van der Waals surface area contributed by atoms with Crippen LogP contribution >= 0.6 is 0 Å². The smallest absolute Gasteiger partial charge is 0.241 e. The van der Waals surface area contributed by atoms with Crippen LogP contribution in [-0.2, 0) is 4.79 Å². The van der Waals surface area contributed by atoms with E-state index in [9.17, 15) is 4.79 Å². The van der Waals surface area contributed by atoms with E-state index >= 15 is 0 Å². The second kappa shape index (κ2) is 6.11. The molecule has 1 amide bonds. The Kier molecular flexibility index (Phi) is 4.26. The molecule has 1 aromatic heterocycles. The van der Waals surface area contributed by atoms with Crippen LogP contribution in [0.1, 0.15) is 30.1 Å². The maximum absolute atomic E-state index is 12.1. The maximum atomic E-state index is 12.1. The Bertz CT molecular complexity index is 528. The van der Waals surface area contributed by atoms with Gasteiger partial charge in [0, 0.05) is 12.4 Å². The Hall–Kier alpha value is -2.20. The van der Waals surface area contributed by atoms with Gasteiger partial charge in [-0.15, -0.1) is 0 Å². The molecule has 2 atom stereocenters. The van der Waals surface area contributed by atoms with Gasteiger partial charge in [0.05, 0.1) is 6.04 Å². The number of aromatic nitrogens is 1. The molecule has 0 saturated heterocycles. The Balaban J connectivity index is 2.02. The molecule has 1 heterocycles. The van der Waals surface area contributed by atoms with Gasteiger partial charge in [-0.25, -0.2) is 0 Å². The minimum absolute atomic E-state index is 0.0923. The quantitative estimate of drug-likeness (QED) is 0.877. The zero-order valence-electron chi connectivity index (χ0n) is 10.8. The van der Waals surface area contributed by atoms with Crippen LogP contribution in [0.15, 0.2) is 54.9 Å². The van der Waals surface area contributed by atoms with Gasteiger partial charge >= 0.3 is 0 Å². The fourth-order valence-electron chi connectivity index (χ4n) is 1.85. The van der Waals surface area contributed by atoms with Gasteiger partial charge in [-0.1, -0.05) is 30.3 Å². The van der Waals surface area contributed by atoms with Gasteiger partial charge in [0.1, 0.15) is 6.04 Å². The standard InChI is InChI=1S/C15H17N3O/c1-11(12-7-9-17-10-8-12)18-15(19)14(16)13-5-3-2-4-6-13/h2-11,14H,16H2,1H3,(H,18,19)/t11?,14-/m1/s1. The zero-order valence-corrected chi connectivity index (χ0v) is 10.8.